The Morgan fingerprint density at radius 3 is 1.76 bits per heavy atom. The van der Waals surface area contributed by atoms with Crippen molar-refractivity contribution in [2.24, 2.45) is 0 Å². The van der Waals surface area contributed by atoms with E-state index in [0.29, 0.717) is 0 Å². The highest BCUT2D eigenvalue weighted by atomic mass is 32.1. The molecule has 198 valence electrons. The first-order chi connectivity index (χ1) is 20.8. The van der Waals surface area contributed by atoms with Crippen molar-refractivity contribution >= 4 is 59.3 Å². The van der Waals surface area contributed by atoms with Crippen molar-refractivity contribution < 1.29 is 0 Å². The summed E-state index contributed by atoms with van der Waals surface area (Å²) in [4.78, 5) is 2.35. The van der Waals surface area contributed by atoms with E-state index in [0.717, 1.165) is 17.1 Å². The fraction of sp³-hybridized carbons (Fsp3) is 0. The van der Waals surface area contributed by atoms with Gasteiger partial charge in [0.25, 0.3) is 0 Å². The maximum atomic E-state index is 2.35. The van der Waals surface area contributed by atoms with E-state index in [1.807, 2.05) is 11.3 Å². The van der Waals surface area contributed by atoms with Crippen LogP contribution in [0.3, 0.4) is 0 Å². The van der Waals surface area contributed by atoms with Crippen molar-refractivity contribution in [1.29, 1.82) is 0 Å². The zero-order valence-corrected chi connectivity index (χ0v) is 23.8. The summed E-state index contributed by atoms with van der Waals surface area (Å²) in [7, 11) is 0. The first-order valence-electron chi connectivity index (χ1n) is 14.3. The van der Waals surface area contributed by atoms with Crippen LogP contribution in [0.2, 0.25) is 0 Å². The number of hydrogen-bond acceptors (Lipinski definition) is 2. The molecule has 2 heteroatoms. The minimum Gasteiger partial charge on any atom is -0.310 e. The standard InChI is InChI=1S/C40H27NS/c1-3-10-28(11-4-1)31-13-9-14-32(26-31)29-18-21-34(22-19-29)41(33-15-5-2-6-16-33)35-23-24-37-39(27-35)42-38-25-20-30-12-7-8-17-36(30)40(37)38/h1-27H. The first kappa shape index (κ1) is 24.6. The van der Waals surface area contributed by atoms with Crippen LogP contribution in [0.1, 0.15) is 0 Å². The predicted molar refractivity (Wildman–Crippen MR) is 182 cm³/mol. The lowest BCUT2D eigenvalue weighted by Gasteiger charge is -2.25. The van der Waals surface area contributed by atoms with Gasteiger partial charge >= 0.3 is 0 Å². The van der Waals surface area contributed by atoms with E-state index in [1.165, 1.54) is 53.2 Å². The van der Waals surface area contributed by atoms with Gasteiger partial charge in [0.2, 0.25) is 0 Å². The molecule has 7 aromatic carbocycles. The molecule has 0 saturated carbocycles. The molecule has 1 heterocycles. The Morgan fingerprint density at radius 1 is 0.357 bits per heavy atom. The van der Waals surface area contributed by atoms with Crippen LogP contribution in [0.15, 0.2) is 164 Å². The van der Waals surface area contributed by atoms with Crippen LogP contribution >= 0.6 is 11.3 Å². The predicted octanol–water partition coefficient (Wildman–Crippen LogP) is 12.0. The number of anilines is 3. The second-order valence-corrected chi connectivity index (χ2v) is 11.7. The molecule has 0 unspecified atom stereocenters. The first-order valence-corrected chi connectivity index (χ1v) is 15.1. The van der Waals surface area contributed by atoms with Gasteiger partial charge in [-0.05, 0) is 81.6 Å². The second-order valence-electron chi connectivity index (χ2n) is 10.6. The van der Waals surface area contributed by atoms with Gasteiger partial charge in [-0.15, -0.1) is 11.3 Å². The fourth-order valence-electron chi connectivity index (χ4n) is 6.01. The number of nitrogens with zero attached hydrogens (tertiary/aromatic N) is 1. The molecule has 8 aromatic rings. The van der Waals surface area contributed by atoms with Crippen molar-refractivity contribution in [2.75, 3.05) is 4.90 Å². The van der Waals surface area contributed by atoms with E-state index in [2.05, 4.69) is 169 Å². The van der Waals surface area contributed by atoms with Crippen molar-refractivity contribution in [2.45, 2.75) is 0 Å². The monoisotopic (exact) mass is 553 g/mol. The fourth-order valence-corrected chi connectivity index (χ4v) is 7.16. The summed E-state index contributed by atoms with van der Waals surface area (Å²) in [6.07, 6.45) is 0. The van der Waals surface area contributed by atoms with E-state index in [9.17, 15) is 0 Å². The van der Waals surface area contributed by atoms with Gasteiger partial charge in [-0.2, -0.15) is 0 Å². The normalized spacial score (nSPS) is 11.3. The van der Waals surface area contributed by atoms with Gasteiger partial charge in [0.1, 0.15) is 0 Å². The van der Waals surface area contributed by atoms with Gasteiger partial charge in [0.05, 0.1) is 0 Å². The topological polar surface area (TPSA) is 3.24 Å². The largest absolute Gasteiger partial charge is 0.310 e. The smallest absolute Gasteiger partial charge is 0.0476 e. The zero-order chi connectivity index (χ0) is 27.9. The summed E-state index contributed by atoms with van der Waals surface area (Å²) >= 11 is 1.87. The molecular weight excluding hydrogens is 527 g/mol. The average molecular weight is 554 g/mol. The third-order valence-corrected chi connectivity index (χ3v) is 9.16. The summed E-state index contributed by atoms with van der Waals surface area (Å²) in [5.41, 5.74) is 8.31. The minimum atomic E-state index is 1.13. The summed E-state index contributed by atoms with van der Waals surface area (Å²) in [5.74, 6) is 0. The molecule has 42 heavy (non-hydrogen) atoms. The summed E-state index contributed by atoms with van der Waals surface area (Å²) in [5, 5.41) is 5.28. The maximum Gasteiger partial charge on any atom is 0.0476 e. The Bertz CT molecular complexity index is 2180. The van der Waals surface area contributed by atoms with E-state index in [4.69, 9.17) is 0 Å². The maximum absolute atomic E-state index is 2.35. The highest BCUT2D eigenvalue weighted by Gasteiger charge is 2.16. The molecule has 0 aliphatic rings. The summed E-state index contributed by atoms with van der Waals surface area (Å²) in [6.45, 7) is 0. The summed E-state index contributed by atoms with van der Waals surface area (Å²) < 4.78 is 2.63. The molecule has 1 nitrogen and oxygen atoms in total. The molecule has 0 atom stereocenters. The van der Waals surface area contributed by atoms with Gasteiger partial charge in [-0.25, -0.2) is 0 Å². The highest BCUT2D eigenvalue weighted by molar-refractivity contribution is 7.26. The van der Waals surface area contributed by atoms with E-state index < -0.39 is 0 Å². The summed E-state index contributed by atoms with van der Waals surface area (Å²) in [6, 6.07) is 59.1. The van der Waals surface area contributed by atoms with E-state index in [-0.39, 0.29) is 0 Å². The number of para-hydroxylation sites is 1. The lowest BCUT2D eigenvalue weighted by molar-refractivity contribution is 1.29. The Labute approximate surface area is 249 Å². The van der Waals surface area contributed by atoms with E-state index >= 15 is 0 Å². The van der Waals surface area contributed by atoms with Crippen LogP contribution in [0.25, 0.3) is 53.2 Å². The molecule has 1 aromatic heterocycles. The number of benzene rings is 7. The molecule has 0 aliphatic carbocycles. The second kappa shape index (κ2) is 10.3. The molecular formula is C40H27NS. The molecule has 0 N–H and O–H groups in total. The Morgan fingerprint density at radius 2 is 0.976 bits per heavy atom. The van der Waals surface area contributed by atoms with Crippen molar-refractivity contribution in [3.05, 3.63) is 164 Å². The van der Waals surface area contributed by atoms with Crippen LogP contribution in [0.5, 0.6) is 0 Å². The van der Waals surface area contributed by atoms with Crippen LogP contribution in [0.4, 0.5) is 17.1 Å². The highest BCUT2D eigenvalue weighted by Crippen LogP contribution is 2.43. The number of thiophene rings is 1. The van der Waals surface area contributed by atoms with Crippen LogP contribution in [-0.2, 0) is 0 Å². The van der Waals surface area contributed by atoms with Crippen molar-refractivity contribution in [3.63, 3.8) is 0 Å². The zero-order valence-electron chi connectivity index (χ0n) is 22.9. The molecule has 0 saturated heterocycles. The van der Waals surface area contributed by atoms with Gasteiger partial charge in [0, 0.05) is 37.2 Å². The number of fused-ring (bicyclic) bond motifs is 5. The molecule has 0 bridgehead atoms. The molecule has 0 aliphatic heterocycles. The van der Waals surface area contributed by atoms with Gasteiger partial charge in [0.15, 0.2) is 0 Å². The van der Waals surface area contributed by atoms with Crippen LogP contribution in [-0.4, -0.2) is 0 Å². The Balaban J connectivity index is 1.21. The SMILES string of the molecule is c1ccc(-c2cccc(-c3ccc(N(c4ccccc4)c4ccc5c(c4)sc4ccc6ccccc6c45)cc3)c2)cc1. The molecule has 0 radical (unpaired) electrons. The molecule has 0 amide bonds. The number of hydrogen-bond donors (Lipinski definition) is 0. The lowest BCUT2D eigenvalue weighted by atomic mass is 9.99. The molecule has 0 fully saturated rings. The quantitative estimate of drug-likeness (QED) is 0.205. The average Bonchev–Trinajstić information content (AvgIpc) is 3.45. The van der Waals surface area contributed by atoms with Gasteiger partial charge in [-0.1, -0.05) is 115 Å². The van der Waals surface area contributed by atoms with E-state index in [1.54, 1.807) is 0 Å². The molecule has 0 spiro atoms. The minimum absolute atomic E-state index is 1.13. The lowest BCUT2D eigenvalue weighted by Crippen LogP contribution is -2.09. The van der Waals surface area contributed by atoms with Crippen LogP contribution < -0.4 is 4.90 Å². The van der Waals surface area contributed by atoms with Gasteiger partial charge in [-0.3, -0.25) is 0 Å². The Hall–Kier alpha value is -5.18. The number of rotatable bonds is 5. The van der Waals surface area contributed by atoms with Crippen molar-refractivity contribution in [1.82, 2.24) is 0 Å². The van der Waals surface area contributed by atoms with Crippen LogP contribution in [0, 0.1) is 0 Å². The third kappa shape index (κ3) is 4.34. The van der Waals surface area contributed by atoms with Crippen molar-refractivity contribution in [3.8, 4) is 22.3 Å². The Kier molecular flexibility index (Phi) is 6.05. The van der Waals surface area contributed by atoms with Gasteiger partial charge < -0.3 is 4.90 Å². The molecule has 8 rings (SSSR count). The third-order valence-electron chi connectivity index (χ3n) is 8.05.